The molecule has 45 heavy (non-hydrogen) atoms. The molecular weight excluding hydrogens is 736 g/mol. The van der Waals surface area contributed by atoms with Crippen molar-refractivity contribution in [2.45, 2.75) is 47.0 Å². The average Bonchev–Trinajstić information content (AvgIpc) is 3.59. The summed E-state index contributed by atoms with van der Waals surface area (Å²) in [5.74, 6) is 2.06. The van der Waals surface area contributed by atoms with Crippen molar-refractivity contribution in [2.24, 2.45) is 0 Å². The zero-order valence-electron chi connectivity index (χ0n) is 26.3. The van der Waals surface area contributed by atoms with E-state index in [4.69, 9.17) is 9.72 Å². The number of hydrogen-bond donors (Lipinski definition) is 0. The summed E-state index contributed by atoms with van der Waals surface area (Å²) < 4.78 is 10.4. The Morgan fingerprint density at radius 3 is 2.31 bits per heavy atom. The van der Waals surface area contributed by atoms with Crippen molar-refractivity contribution in [1.29, 1.82) is 0 Å². The molecule has 0 atom stereocenters. The van der Waals surface area contributed by atoms with Gasteiger partial charge in [-0.1, -0.05) is 62.2 Å². The monoisotopic (exact) mass is 769 g/mol. The molecule has 3 aromatic heterocycles. The Morgan fingerprint density at radius 2 is 1.53 bits per heavy atom. The van der Waals surface area contributed by atoms with Gasteiger partial charge in [0, 0.05) is 35.0 Å². The predicted molar refractivity (Wildman–Crippen MR) is 178 cm³/mol. The standard InChI is InChI=1S/C39H34N4O.Pt/c1-25-18-26(2)38(27(3)19-25)28-23-41-42(24-28)30-10-9-11-31(21-30)44-32-14-15-34-33-12-7-8-13-35(33)43(36(34)22-32)37-20-29(16-17-40-37)39(4,5)6;/h7-20,23-24H,1-6H3;/q-2;+2. The van der Waals surface area contributed by atoms with Gasteiger partial charge < -0.3 is 9.30 Å². The molecule has 0 saturated carbocycles. The van der Waals surface area contributed by atoms with Crippen LogP contribution in [0.5, 0.6) is 11.5 Å². The molecule has 0 saturated heterocycles. The van der Waals surface area contributed by atoms with Crippen molar-refractivity contribution >= 4 is 21.8 Å². The number of aryl methyl sites for hydroxylation is 3. The van der Waals surface area contributed by atoms with Crippen molar-refractivity contribution in [1.82, 2.24) is 19.3 Å². The van der Waals surface area contributed by atoms with E-state index in [2.05, 4.69) is 124 Å². The Labute approximate surface area is 278 Å². The van der Waals surface area contributed by atoms with E-state index < -0.39 is 0 Å². The van der Waals surface area contributed by atoms with Crippen LogP contribution in [0.2, 0.25) is 0 Å². The molecule has 7 aromatic rings. The van der Waals surface area contributed by atoms with Gasteiger partial charge in [0.15, 0.2) is 0 Å². The zero-order valence-corrected chi connectivity index (χ0v) is 28.5. The van der Waals surface area contributed by atoms with Crippen LogP contribution in [-0.2, 0) is 26.5 Å². The first kappa shape index (κ1) is 30.6. The van der Waals surface area contributed by atoms with E-state index in [0.717, 1.165) is 38.9 Å². The van der Waals surface area contributed by atoms with Gasteiger partial charge in [-0.05, 0) is 77.7 Å². The fraction of sp³-hybridized carbons (Fsp3) is 0.179. The zero-order chi connectivity index (χ0) is 30.6. The Balaban J connectivity index is 0.00000357. The molecule has 0 aliphatic rings. The van der Waals surface area contributed by atoms with E-state index in [1.807, 2.05) is 41.3 Å². The van der Waals surface area contributed by atoms with E-state index in [1.165, 1.54) is 27.8 Å². The number of benzene rings is 4. The van der Waals surface area contributed by atoms with Gasteiger partial charge in [-0.25, -0.2) is 4.98 Å². The minimum absolute atomic E-state index is 0. The minimum atomic E-state index is 0. The summed E-state index contributed by atoms with van der Waals surface area (Å²) in [5.41, 5.74) is 10.1. The van der Waals surface area contributed by atoms with Gasteiger partial charge in [-0.2, -0.15) is 17.2 Å². The third-order valence-electron chi connectivity index (χ3n) is 8.17. The molecule has 0 unspecified atom stereocenters. The van der Waals surface area contributed by atoms with E-state index in [1.54, 1.807) is 0 Å². The van der Waals surface area contributed by atoms with Crippen molar-refractivity contribution in [2.75, 3.05) is 0 Å². The van der Waals surface area contributed by atoms with Crippen LogP contribution in [0.3, 0.4) is 0 Å². The quantitative estimate of drug-likeness (QED) is 0.164. The summed E-state index contributed by atoms with van der Waals surface area (Å²) in [6.07, 6.45) is 5.85. The maximum atomic E-state index is 6.37. The van der Waals surface area contributed by atoms with Gasteiger partial charge in [-0.15, -0.1) is 35.7 Å². The third kappa shape index (κ3) is 5.73. The fourth-order valence-corrected chi connectivity index (χ4v) is 6.15. The molecule has 6 heteroatoms. The minimum Gasteiger partial charge on any atom is -0.509 e. The fourth-order valence-electron chi connectivity index (χ4n) is 6.15. The summed E-state index contributed by atoms with van der Waals surface area (Å²) in [5, 5.41) is 6.91. The van der Waals surface area contributed by atoms with E-state index >= 15 is 0 Å². The van der Waals surface area contributed by atoms with E-state index in [9.17, 15) is 0 Å². The van der Waals surface area contributed by atoms with Crippen molar-refractivity contribution in [3.8, 4) is 34.1 Å². The summed E-state index contributed by atoms with van der Waals surface area (Å²) in [6.45, 7) is 13.1. The van der Waals surface area contributed by atoms with Crippen LogP contribution in [-0.4, -0.2) is 19.3 Å². The van der Waals surface area contributed by atoms with Gasteiger partial charge in [0.05, 0.1) is 6.20 Å². The predicted octanol–water partition coefficient (Wildman–Crippen LogP) is 9.64. The summed E-state index contributed by atoms with van der Waals surface area (Å²) >= 11 is 0. The number of nitrogens with zero attached hydrogens (tertiary/aromatic N) is 4. The van der Waals surface area contributed by atoms with Crippen LogP contribution >= 0.6 is 0 Å². The Bertz CT molecular complexity index is 2160. The normalized spacial score (nSPS) is 11.6. The molecule has 0 N–H and O–H groups in total. The maximum absolute atomic E-state index is 6.37. The summed E-state index contributed by atoms with van der Waals surface area (Å²) in [6, 6.07) is 33.9. The average molecular weight is 770 g/mol. The molecule has 4 aromatic carbocycles. The van der Waals surface area contributed by atoms with E-state index in [-0.39, 0.29) is 26.5 Å². The third-order valence-corrected chi connectivity index (χ3v) is 8.17. The number of para-hydroxylation sites is 1. The molecule has 0 aliphatic carbocycles. The van der Waals surface area contributed by atoms with Crippen LogP contribution in [0.1, 0.15) is 43.0 Å². The molecular formula is C39H34N4OPt. The van der Waals surface area contributed by atoms with Gasteiger partial charge in [0.1, 0.15) is 5.82 Å². The van der Waals surface area contributed by atoms with Crippen molar-refractivity contribution < 1.29 is 25.8 Å². The number of fused-ring (bicyclic) bond motifs is 3. The van der Waals surface area contributed by atoms with Crippen molar-refractivity contribution in [3.63, 3.8) is 0 Å². The summed E-state index contributed by atoms with van der Waals surface area (Å²) in [4.78, 5) is 4.78. The first-order valence-corrected chi connectivity index (χ1v) is 14.9. The van der Waals surface area contributed by atoms with Crippen molar-refractivity contribution in [3.05, 3.63) is 132 Å². The summed E-state index contributed by atoms with van der Waals surface area (Å²) in [7, 11) is 0. The molecule has 3 heterocycles. The van der Waals surface area contributed by atoms with Crippen LogP contribution in [0.15, 0.2) is 97.5 Å². The number of hydrogen-bond acceptors (Lipinski definition) is 3. The topological polar surface area (TPSA) is 44.9 Å². The maximum Gasteiger partial charge on any atom is 2.00 e. The van der Waals surface area contributed by atoms with Gasteiger partial charge >= 0.3 is 21.1 Å². The molecule has 5 nitrogen and oxygen atoms in total. The van der Waals surface area contributed by atoms with Crippen LogP contribution in [0.25, 0.3) is 44.4 Å². The van der Waals surface area contributed by atoms with Crippen LogP contribution in [0.4, 0.5) is 0 Å². The molecule has 0 fully saturated rings. The molecule has 0 amide bonds. The van der Waals surface area contributed by atoms with Crippen LogP contribution in [0, 0.1) is 32.9 Å². The van der Waals surface area contributed by atoms with Gasteiger partial charge in [-0.3, -0.25) is 4.68 Å². The Morgan fingerprint density at radius 1 is 0.778 bits per heavy atom. The van der Waals surface area contributed by atoms with Crippen LogP contribution < -0.4 is 4.74 Å². The first-order valence-electron chi connectivity index (χ1n) is 14.9. The molecule has 0 radical (unpaired) electrons. The number of ether oxygens (including phenoxy) is 1. The second kappa shape index (κ2) is 11.8. The SMILES string of the molecule is Cc1cc(C)c(-c2cnn(-c3[c-]c(Oc4[c-]c5c(cc4)c4ccccc4n5-c4cc(C(C)(C)C)ccn4)ccc3)c2)c(C)c1.[Pt+2]. The largest absolute Gasteiger partial charge is 2.00 e. The smallest absolute Gasteiger partial charge is 0.509 e. The van der Waals surface area contributed by atoms with Gasteiger partial charge in [0.25, 0.3) is 0 Å². The molecule has 0 aliphatic heterocycles. The number of pyridine rings is 1. The van der Waals surface area contributed by atoms with Gasteiger partial charge in [0.2, 0.25) is 0 Å². The second-order valence-electron chi connectivity index (χ2n) is 12.5. The first-order chi connectivity index (χ1) is 21.2. The molecule has 0 spiro atoms. The molecule has 7 rings (SSSR count). The molecule has 0 bridgehead atoms. The Hall–Kier alpha value is -4.47. The molecule has 226 valence electrons. The number of aromatic nitrogens is 4. The Kier molecular flexibility index (Phi) is 8.01. The second-order valence-corrected chi connectivity index (χ2v) is 12.5. The number of rotatable bonds is 5. The van der Waals surface area contributed by atoms with E-state index in [0.29, 0.717) is 11.5 Å².